The van der Waals surface area contributed by atoms with Crippen molar-refractivity contribution in [2.75, 3.05) is 0 Å². The standard InChI is InChI=1S/C13H19BrN2/c14-13-7-2-1-6-11(13)9-12(16-15)8-10-4-3-5-10/h1-2,6-7,10,12,16H,3-5,8-9,15H2. The van der Waals surface area contributed by atoms with E-state index in [0.717, 1.165) is 12.3 Å². The highest BCUT2D eigenvalue weighted by Crippen LogP contribution is 2.31. The van der Waals surface area contributed by atoms with Gasteiger partial charge in [0, 0.05) is 10.5 Å². The van der Waals surface area contributed by atoms with Crippen LogP contribution in [0.25, 0.3) is 0 Å². The molecule has 16 heavy (non-hydrogen) atoms. The summed E-state index contributed by atoms with van der Waals surface area (Å²) in [5.74, 6) is 6.52. The molecule has 0 heterocycles. The Labute approximate surface area is 106 Å². The number of hydrogen-bond donors (Lipinski definition) is 2. The lowest BCUT2D eigenvalue weighted by atomic mass is 9.80. The van der Waals surface area contributed by atoms with Crippen LogP contribution in [-0.2, 0) is 6.42 Å². The smallest absolute Gasteiger partial charge is 0.0253 e. The number of halogens is 1. The quantitative estimate of drug-likeness (QED) is 0.644. The van der Waals surface area contributed by atoms with Crippen LogP contribution in [0, 0.1) is 5.92 Å². The van der Waals surface area contributed by atoms with Crippen LogP contribution in [0.2, 0.25) is 0 Å². The van der Waals surface area contributed by atoms with Crippen LogP contribution in [0.3, 0.4) is 0 Å². The summed E-state index contributed by atoms with van der Waals surface area (Å²) < 4.78 is 1.18. The molecule has 0 spiro atoms. The number of hydrogen-bond acceptors (Lipinski definition) is 2. The second-order valence-corrected chi connectivity index (χ2v) is 5.55. The summed E-state index contributed by atoms with van der Waals surface area (Å²) >= 11 is 3.58. The molecule has 2 rings (SSSR count). The average Bonchev–Trinajstić information content (AvgIpc) is 2.24. The second kappa shape index (κ2) is 5.80. The molecule has 3 N–H and O–H groups in total. The van der Waals surface area contributed by atoms with Gasteiger partial charge in [-0.05, 0) is 30.4 Å². The van der Waals surface area contributed by atoms with E-state index in [-0.39, 0.29) is 0 Å². The second-order valence-electron chi connectivity index (χ2n) is 4.69. The fourth-order valence-electron chi connectivity index (χ4n) is 2.27. The molecule has 0 saturated heterocycles. The molecule has 0 amide bonds. The Hall–Kier alpha value is -0.380. The van der Waals surface area contributed by atoms with Gasteiger partial charge in [-0.2, -0.15) is 0 Å². The van der Waals surface area contributed by atoms with E-state index in [4.69, 9.17) is 5.84 Å². The van der Waals surface area contributed by atoms with Crippen LogP contribution < -0.4 is 11.3 Å². The van der Waals surface area contributed by atoms with Crippen molar-refractivity contribution < 1.29 is 0 Å². The Bertz CT molecular complexity index is 336. The highest BCUT2D eigenvalue weighted by Gasteiger charge is 2.21. The van der Waals surface area contributed by atoms with E-state index in [1.165, 1.54) is 35.7 Å². The minimum absolute atomic E-state index is 0.406. The molecule has 1 aliphatic rings. The van der Waals surface area contributed by atoms with Crippen molar-refractivity contribution in [3.05, 3.63) is 34.3 Å². The number of rotatable bonds is 5. The molecule has 1 fully saturated rings. The first kappa shape index (κ1) is 12.1. The molecule has 1 aromatic carbocycles. The number of hydrazine groups is 1. The van der Waals surface area contributed by atoms with Gasteiger partial charge in [0.1, 0.15) is 0 Å². The van der Waals surface area contributed by atoms with Crippen molar-refractivity contribution >= 4 is 15.9 Å². The van der Waals surface area contributed by atoms with Crippen LogP contribution in [0.4, 0.5) is 0 Å². The van der Waals surface area contributed by atoms with Gasteiger partial charge in [-0.25, -0.2) is 0 Å². The zero-order valence-corrected chi connectivity index (χ0v) is 11.0. The lowest BCUT2D eigenvalue weighted by Gasteiger charge is -2.29. The van der Waals surface area contributed by atoms with Gasteiger partial charge in [-0.15, -0.1) is 0 Å². The van der Waals surface area contributed by atoms with Crippen molar-refractivity contribution in [1.29, 1.82) is 0 Å². The van der Waals surface area contributed by atoms with Crippen molar-refractivity contribution in [2.24, 2.45) is 11.8 Å². The summed E-state index contributed by atoms with van der Waals surface area (Å²) in [5.41, 5.74) is 4.29. The van der Waals surface area contributed by atoms with Crippen LogP contribution in [0.1, 0.15) is 31.2 Å². The number of benzene rings is 1. The summed E-state index contributed by atoms with van der Waals surface area (Å²) in [6.07, 6.45) is 6.38. The lowest BCUT2D eigenvalue weighted by Crippen LogP contribution is -2.39. The third kappa shape index (κ3) is 3.06. The minimum atomic E-state index is 0.406. The maximum Gasteiger partial charge on any atom is 0.0253 e. The van der Waals surface area contributed by atoms with Crippen molar-refractivity contribution in [1.82, 2.24) is 5.43 Å². The summed E-state index contributed by atoms with van der Waals surface area (Å²) in [7, 11) is 0. The molecule has 0 aromatic heterocycles. The van der Waals surface area contributed by atoms with Crippen LogP contribution in [0.15, 0.2) is 28.7 Å². The molecular weight excluding hydrogens is 264 g/mol. The fraction of sp³-hybridized carbons (Fsp3) is 0.538. The summed E-state index contributed by atoms with van der Waals surface area (Å²) in [6.45, 7) is 0. The number of nitrogens with one attached hydrogen (secondary N) is 1. The lowest BCUT2D eigenvalue weighted by molar-refractivity contribution is 0.259. The maximum atomic E-state index is 5.63. The topological polar surface area (TPSA) is 38.0 Å². The molecule has 1 unspecified atom stereocenters. The van der Waals surface area contributed by atoms with Gasteiger partial charge in [-0.1, -0.05) is 53.4 Å². The molecular formula is C13H19BrN2. The van der Waals surface area contributed by atoms with Crippen molar-refractivity contribution in [3.8, 4) is 0 Å². The summed E-state index contributed by atoms with van der Waals surface area (Å²) in [5, 5.41) is 0. The van der Waals surface area contributed by atoms with Crippen molar-refractivity contribution in [3.63, 3.8) is 0 Å². The Morgan fingerprint density at radius 1 is 1.38 bits per heavy atom. The first-order chi connectivity index (χ1) is 7.79. The predicted octanol–water partition coefficient (Wildman–Crippen LogP) is 3.01. The fourth-order valence-corrected chi connectivity index (χ4v) is 2.72. The zero-order chi connectivity index (χ0) is 11.4. The predicted molar refractivity (Wildman–Crippen MR) is 70.9 cm³/mol. The summed E-state index contributed by atoms with van der Waals surface area (Å²) in [6, 6.07) is 8.78. The van der Waals surface area contributed by atoms with Gasteiger partial charge >= 0.3 is 0 Å². The monoisotopic (exact) mass is 282 g/mol. The Balaban J connectivity index is 1.92. The van der Waals surface area contributed by atoms with Gasteiger partial charge in [0.15, 0.2) is 0 Å². The highest BCUT2D eigenvalue weighted by atomic mass is 79.9. The summed E-state index contributed by atoms with van der Waals surface area (Å²) in [4.78, 5) is 0. The van der Waals surface area contributed by atoms with E-state index < -0.39 is 0 Å². The van der Waals surface area contributed by atoms with Gasteiger partial charge in [-0.3, -0.25) is 11.3 Å². The minimum Gasteiger partial charge on any atom is -0.271 e. The normalized spacial score (nSPS) is 18.1. The van der Waals surface area contributed by atoms with Gasteiger partial charge < -0.3 is 0 Å². The molecule has 0 radical (unpaired) electrons. The van der Waals surface area contributed by atoms with Gasteiger partial charge in [0.2, 0.25) is 0 Å². The molecule has 1 aromatic rings. The highest BCUT2D eigenvalue weighted by molar-refractivity contribution is 9.10. The molecule has 0 bridgehead atoms. The van der Waals surface area contributed by atoms with E-state index >= 15 is 0 Å². The Kier molecular flexibility index (Phi) is 4.38. The first-order valence-electron chi connectivity index (χ1n) is 5.99. The maximum absolute atomic E-state index is 5.63. The zero-order valence-electron chi connectivity index (χ0n) is 9.45. The van der Waals surface area contributed by atoms with E-state index in [1.807, 2.05) is 6.07 Å². The van der Waals surface area contributed by atoms with E-state index in [0.29, 0.717) is 6.04 Å². The first-order valence-corrected chi connectivity index (χ1v) is 6.78. The average molecular weight is 283 g/mol. The van der Waals surface area contributed by atoms with Crippen LogP contribution in [-0.4, -0.2) is 6.04 Å². The molecule has 1 atom stereocenters. The van der Waals surface area contributed by atoms with E-state index in [2.05, 4.69) is 39.6 Å². The van der Waals surface area contributed by atoms with Crippen LogP contribution >= 0.6 is 15.9 Å². The SMILES string of the molecule is NNC(Cc1ccccc1Br)CC1CCC1. The van der Waals surface area contributed by atoms with Gasteiger partial charge in [0.25, 0.3) is 0 Å². The van der Waals surface area contributed by atoms with Crippen LogP contribution in [0.5, 0.6) is 0 Å². The number of nitrogens with two attached hydrogens (primary N) is 1. The molecule has 1 aliphatic carbocycles. The largest absolute Gasteiger partial charge is 0.271 e. The molecule has 0 aliphatic heterocycles. The van der Waals surface area contributed by atoms with Gasteiger partial charge in [0.05, 0.1) is 0 Å². The van der Waals surface area contributed by atoms with Crippen molar-refractivity contribution in [2.45, 2.75) is 38.1 Å². The Morgan fingerprint density at radius 3 is 2.69 bits per heavy atom. The van der Waals surface area contributed by atoms with E-state index in [9.17, 15) is 0 Å². The Morgan fingerprint density at radius 2 is 2.12 bits per heavy atom. The third-order valence-corrected chi connectivity index (χ3v) is 4.28. The third-order valence-electron chi connectivity index (χ3n) is 3.50. The molecule has 3 heteroatoms. The molecule has 88 valence electrons. The van der Waals surface area contributed by atoms with E-state index in [1.54, 1.807) is 0 Å². The molecule has 2 nitrogen and oxygen atoms in total. The molecule has 1 saturated carbocycles.